The molecule has 0 rings (SSSR count). The summed E-state index contributed by atoms with van der Waals surface area (Å²) in [6.45, 7) is 7.37. The van der Waals surface area contributed by atoms with Crippen molar-refractivity contribution in [2.45, 2.75) is 39.8 Å². The van der Waals surface area contributed by atoms with E-state index in [1.54, 1.807) is 0 Å². The van der Waals surface area contributed by atoms with Crippen LogP contribution in [0.1, 0.15) is 27.7 Å². The maximum absolute atomic E-state index is 11.1. The summed E-state index contributed by atoms with van der Waals surface area (Å²) >= 11 is 0. The molecule has 0 aliphatic carbocycles. The van der Waals surface area contributed by atoms with Gasteiger partial charge in [0.25, 0.3) is 0 Å². The lowest BCUT2D eigenvalue weighted by molar-refractivity contribution is -0.147. The topological polar surface area (TPSA) is 82.3 Å². The fourth-order valence-electron chi connectivity index (χ4n) is 0.688. The second-order valence-electron chi connectivity index (χ2n) is 4.11. The van der Waals surface area contributed by atoms with Crippen molar-refractivity contribution in [2.24, 2.45) is 0 Å². The molecule has 100 valence electrons. The molecule has 0 unspecified atom stereocenters. The summed E-state index contributed by atoms with van der Waals surface area (Å²) < 4.78 is 0. The fraction of sp³-hybridized carbons (Fsp3) is 0.500. The van der Waals surface area contributed by atoms with Crippen molar-refractivity contribution >= 4 is 11.9 Å². The lowest BCUT2D eigenvalue weighted by Crippen LogP contribution is -2.25. The third-order valence-corrected chi connectivity index (χ3v) is 1.37. The Morgan fingerprint density at radius 2 is 1.17 bits per heavy atom. The molecule has 0 aliphatic heterocycles. The number of carbonyl (C=O) groups is 2. The predicted molar refractivity (Wildman–Crippen MR) is 67.0 cm³/mol. The van der Waals surface area contributed by atoms with Crippen molar-refractivity contribution in [3.05, 3.63) is 24.3 Å². The van der Waals surface area contributed by atoms with Gasteiger partial charge in [-0.05, 0) is 50.8 Å². The second kappa shape index (κ2) is 9.38. The van der Waals surface area contributed by atoms with Crippen LogP contribution in [0, 0.1) is 0 Å². The van der Waals surface area contributed by atoms with Gasteiger partial charge in [-0.15, -0.1) is 0 Å². The van der Waals surface area contributed by atoms with Gasteiger partial charge in [-0.3, -0.25) is 0 Å². The van der Waals surface area contributed by atoms with Crippen molar-refractivity contribution < 1.29 is 19.3 Å². The number of allylic oxidation sites excluding steroid dienone is 2. The van der Waals surface area contributed by atoms with Gasteiger partial charge in [-0.25, -0.2) is 0 Å². The lowest BCUT2D eigenvalue weighted by atomic mass is 10.4. The van der Waals surface area contributed by atoms with Gasteiger partial charge in [0.2, 0.25) is 0 Å². The van der Waals surface area contributed by atoms with Crippen LogP contribution in [0.5, 0.6) is 0 Å². The van der Waals surface area contributed by atoms with E-state index in [0.29, 0.717) is 0 Å². The van der Waals surface area contributed by atoms with E-state index in [1.165, 1.54) is 24.3 Å². The van der Waals surface area contributed by atoms with Crippen LogP contribution in [0.2, 0.25) is 0 Å². The molecule has 0 bridgehead atoms. The van der Waals surface area contributed by atoms with E-state index < -0.39 is 11.9 Å². The molecule has 6 nitrogen and oxygen atoms in total. The Bertz CT molecular complexity index is 290. The van der Waals surface area contributed by atoms with Gasteiger partial charge < -0.3 is 0 Å². The highest BCUT2D eigenvalue weighted by atomic mass is 16.7. The summed E-state index contributed by atoms with van der Waals surface area (Å²) in [6.07, 6.45) is 5.16. The number of nitrogens with one attached hydrogen (secondary N) is 2. The molecule has 0 aromatic rings. The van der Waals surface area contributed by atoms with Crippen LogP contribution in [0.3, 0.4) is 0 Å². The SMILES string of the molecule is CC(C)NOC(=[O+])/C=C\C=C/C(=[O+])ONC(C)C. The van der Waals surface area contributed by atoms with E-state index in [1.807, 2.05) is 27.7 Å². The van der Waals surface area contributed by atoms with E-state index in [4.69, 9.17) is 0 Å². The lowest BCUT2D eigenvalue weighted by Gasteiger charge is -1.95. The zero-order valence-electron chi connectivity index (χ0n) is 11.1. The number of hydrogen-bond acceptors (Lipinski definition) is 6. The Hall–Kier alpha value is -1.66. The summed E-state index contributed by atoms with van der Waals surface area (Å²) in [5.41, 5.74) is 5.00. The molecule has 0 aromatic carbocycles. The molecule has 0 atom stereocenters. The monoisotopic (exact) mass is 256 g/mol. The summed E-state index contributed by atoms with van der Waals surface area (Å²) in [6, 6.07) is 0.102. The Balaban J connectivity index is 3.85. The van der Waals surface area contributed by atoms with Crippen LogP contribution in [-0.2, 0) is 19.3 Å². The smallest absolute Gasteiger partial charge is 0.195 e. The maximum Gasteiger partial charge on any atom is 0.623 e. The molecule has 2 radical (unpaired) electrons. The first-order chi connectivity index (χ1) is 8.41. The van der Waals surface area contributed by atoms with Gasteiger partial charge >= 0.3 is 11.9 Å². The van der Waals surface area contributed by atoms with Crippen LogP contribution < -0.4 is 11.0 Å². The highest BCUT2D eigenvalue weighted by Gasteiger charge is 2.14. The average Bonchev–Trinajstić information content (AvgIpc) is 2.29. The Kier molecular flexibility index (Phi) is 8.51. The first-order valence-corrected chi connectivity index (χ1v) is 5.69. The third kappa shape index (κ3) is 10.8. The minimum absolute atomic E-state index is 0.0509. The van der Waals surface area contributed by atoms with Gasteiger partial charge in [0, 0.05) is 0 Å². The third-order valence-electron chi connectivity index (χ3n) is 1.37. The molecule has 0 spiro atoms. The standard InChI is InChI=1S/C12H20N2O4/c1-9(2)13-17-11(15)7-5-6-8-12(16)18-14-10(3)4/h5-10,13-14H,1-4H3/q+2/b7-5-,8-6-. The molecule has 0 heterocycles. The highest BCUT2D eigenvalue weighted by Crippen LogP contribution is 1.86. The second-order valence-corrected chi connectivity index (χ2v) is 4.11. The average molecular weight is 256 g/mol. The van der Waals surface area contributed by atoms with Crippen molar-refractivity contribution in [3.63, 3.8) is 0 Å². The predicted octanol–water partition coefficient (Wildman–Crippen LogP) is 1.01. The molecule has 0 aliphatic rings. The maximum atomic E-state index is 11.1. The van der Waals surface area contributed by atoms with Crippen molar-refractivity contribution in [3.8, 4) is 0 Å². The van der Waals surface area contributed by atoms with E-state index >= 15 is 0 Å². The Labute approximate surface area is 107 Å². The van der Waals surface area contributed by atoms with Gasteiger partial charge in [-0.1, -0.05) is 0 Å². The van der Waals surface area contributed by atoms with E-state index in [0.717, 1.165) is 0 Å². The number of hydroxylamine groups is 2. The largest absolute Gasteiger partial charge is 0.623 e. The van der Waals surface area contributed by atoms with Crippen LogP contribution in [-0.4, -0.2) is 24.0 Å². The summed E-state index contributed by atoms with van der Waals surface area (Å²) in [5.74, 6) is -1.08. The normalized spacial score (nSPS) is 11.7. The van der Waals surface area contributed by atoms with Crippen LogP contribution in [0.15, 0.2) is 24.3 Å². The minimum atomic E-state index is -0.540. The Morgan fingerprint density at radius 1 is 0.833 bits per heavy atom. The first kappa shape index (κ1) is 16.3. The van der Waals surface area contributed by atoms with E-state index in [9.17, 15) is 9.59 Å². The number of carbonyl (C=O) groups excluding carboxylic acids is 2. The molecule has 0 saturated heterocycles. The highest BCUT2D eigenvalue weighted by molar-refractivity contribution is 5.84. The summed E-state index contributed by atoms with van der Waals surface area (Å²) in [4.78, 5) is 31.4. The zero-order valence-corrected chi connectivity index (χ0v) is 11.1. The van der Waals surface area contributed by atoms with Gasteiger partial charge in [0.05, 0.1) is 33.8 Å². The molecular weight excluding hydrogens is 236 g/mol. The Morgan fingerprint density at radius 3 is 1.44 bits per heavy atom. The van der Waals surface area contributed by atoms with Crippen LogP contribution >= 0.6 is 0 Å². The molecule has 0 saturated carbocycles. The fourth-order valence-corrected chi connectivity index (χ4v) is 0.688. The molecule has 2 N–H and O–H groups in total. The molecule has 6 heteroatoms. The zero-order chi connectivity index (χ0) is 14.0. The van der Waals surface area contributed by atoms with Crippen LogP contribution in [0.4, 0.5) is 0 Å². The van der Waals surface area contributed by atoms with E-state index in [2.05, 4.69) is 20.6 Å². The van der Waals surface area contributed by atoms with Crippen molar-refractivity contribution in [1.82, 2.24) is 11.0 Å². The quantitative estimate of drug-likeness (QED) is 0.306. The molecular formula is C12H20N2O4+2. The minimum Gasteiger partial charge on any atom is -0.195 e. The van der Waals surface area contributed by atoms with Gasteiger partial charge in [-0.2, -0.15) is 9.68 Å². The number of rotatable bonds is 7. The molecule has 0 fully saturated rings. The summed E-state index contributed by atoms with van der Waals surface area (Å²) in [7, 11) is 0. The van der Waals surface area contributed by atoms with Crippen molar-refractivity contribution in [2.75, 3.05) is 0 Å². The van der Waals surface area contributed by atoms with E-state index in [-0.39, 0.29) is 12.1 Å². The molecule has 18 heavy (non-hydrogen) atoms. The molecule has 0 amide bonds. The summed E-state index contributed by atoms with van der Waals surface area (Å²) in [5, 5.41) is 0. The van der Waals surface area contributed by atoms with Gasteiger partial charge in [0.15, 0.2) is 0 Å². The first-order valence-electron chi connectivity index (χ1n) is 5.69. The van der Waals surface area contributed by atoms with Crippen molar-refractivity contribution in [1.29, 1.82) is 0 Å². The number of hydrogen-bond donors (Lipinski definition) is 2. The van der Waals surface area contributed by atoms with Crippen LogP contribution in [0.25, 0.3) is 0 Å². The molecule has 0 aromatic heterocycles. The van der Waals surface area contributed by atoms with Gasteiger partial charge in [0.1, 0.15) is 0 Å².